The van der Waals surface area contributed by atoms with Crippen LogP contribution >= 0.6 is 0 Å². The number of ether oxygens (including phenoxy) is 2. The lowest BCUT2D eigenvalue weighted by atomic mass is 10.2. The maximum Gasteiger partial charge on any atom is 0.338 e. The number of allylic oxidation sites excluding steroid dienone is 6. The Balaban J connectivity index is 2.16. The number of aromatic hydroxyl groups is 1. The molecule has 1 rings (SSSR count). The van der Waals surface area contributed by atoms with Crippen LogP contribution in [0.25, 0.3) is 0 Å². The zero-order chi connectivity index (χ0) is 19.7. The van der Waals surface area contributed by atoms with Gasteiger partial charge in [0.05, 0.1) is 18.8 Å². The number of phenolic OH excluding ortho intramolecular Hbond substituents is 1. The van der Waals surface area contributed by atoms with Crippen LogP contribution in [0.1, 0.15) is 43.0 Å². The van der Waals surface area contributed by atoms with Crippen LogP contribution in [0.15, 0.2) is 60.7 Å². The van der Waals surface area contributed by atoms with Crippen LogP contribution in [0, 0.1) is 0 Å². The molecule has 0 aromatic heterocycles. The smallest absolute Gasteiger partial charge is 0.338 e. The third kappa shape index (κ3) is 11.1. The molecule has 1 aromatic rings. The Morgan fingerprint density at radius 2 is 1.74 bits per heavy atom. The monoisotopic (exact) mass is 374 g/mol. The van der Waals surface area contributed by atoms with Crippen LogP contribution in [-0.4, -0.2) is 42.1 Å². The van der Waals surface area contributed by atoms with Crippen LogP contribution in [-0.2, 0) is 9.47 Å². The number of unbranched alkanes of at least 4 members (excludes halogenated alkanes) is 2. The molecule has 5 heteroatoms. The Morgan fingerprint density at radius 1 is 1.07 bits per heavy atom. The lowest BCUT2D eigenvalue weighted by molar-refractivity contribution is -0.0240. The first-order valence-corrected chi connectivity index (χ1v) is 9.34. The fourth-order valence-corrected chi connectivity index (χ4v) is 2.10. The van der Waals surface area contributed by atoms with E-state index in [2.05, 4.69) is 19.1 Å². The molecule has 1 atom stereocenters. The zero-order valence-electron chi connectivity index (χ0n) is 15.9. The van der Waals surface area contributed by atoms with Gasteiger partial charge in [-0.15, -0.1) is 0 Å². The molecule has 0 radical (unpaired) electrons. The van der Waals surface area contributed by atoms with E-state index in [1.807, 2.05) is 24.3 Å². The van der Waals surface area contributed by atoms with Gasteiger partial charge in [-0.3, -0.25) is 0 Å². The Hall–Kier alpha value is -2.37. The Bertz CT molecular complexity index is 602. The number of hydrogen-bond acceptors (Lipinski definition) is 5. The van der Waals surface area contributed by atoms with E-state index >= 15 is 0 Å². The maximum atomic E-state index is 12.0. The van der Waals surface area contributed by atoms with E-state index in [0.29, 0.717) is 12.2 Å². The number of benzene rings is 1. The fraction of sp³-hybridized carbons (Fsp3) is 0.409. The molecule has 0 bridgehead atoms. The van der Waals surface area contributed by atoms with Gasteiger partial charge >= 0.3 is 5.97 Å². The van der Waals surface area contributed by atoms with Crippen molar-refractivity contribution in [3.05, 3.63) is 66.3 Å². The summed E-state index contributed by atoms with van der Waals surface area (Å²) in [7, 11) is 0. The number of carbonyl (C=O) groups is 1. The minimum absolute atomic E-state index is 0.0751. The minimum atomic E-state index is -0.709. The first-order chi connectivity index (χ1) is 13.2. The molecule has 148 valence electrons. The second-order valence-corrected chi connectivity index (χ2v) is 6.00. The van der Waals surface area contributed by atoms with E-state index in [1.165, 1.54) is 24.3 Å². The summed E-state index contributed by atoms with van der Waals surface area (Å²) in [4.78, 5) is 12.0. The second-order valence-electron chi connectivity index (χ2n) is 6.00. The van der Waals surface area contributed by atoms with E-state index in [9.17, 15) is 15.0 Å². The van der Waals surface area contributed by atoms with Gasteiger partial charge in [0, 0.05) is 6.61 Å². The van der Waals surface area contributed by atoms with Crippen LogP contribution in [0.2, 0.25) is 0 Å². The minimum Gasteiger partial charge on any atom is -0.508 e. The highest BCUT2D eigenvalue weighted by atomic mass is 16.6. The van der Waals surface area contributed by atoms with Crippen molar-refractivity contribution < 1.29 is 24.5 Å². The summed E-state index contributed by atoms with van der Waals surface area (Å²) in [6.07, 6.45) is 15.6. The van der Waals surface area contributed by atoms with Crippen molar-refractivity contribution in [2.45, 2.75) is 38.7 Å². The topological polar surface area (TPSA) is 76.0 Å². The molecule has 1 aromatic carbocycles. The van der Waals surface area contributed by atoms with Crippen molar-refractivity contribution in [3.8, 4) is 5.75 Å². The predicted molar refractivity (Wildman–Crippen MR) is 107 cm³/mol. The molecule has 0 aliphatic carbocycles. The molecule has 0 saturated heterocycles. The number of esters is 1. The van der Waals surface area contributed by atoms with Crippen LogP contribution in [0.4, 0.5) is 0 Å². The van der Waals surface area contributed by atoms with Gasteiger partial charge in [-0.25, -0.2) is 4.79 Å². The molecule has 0 amide bonds. The molecule has 0 aliphatic rings. The fourth-order valence-electron chi connectivity index (χ4n) is 2.10. The summed E-state index contributed by atoms with van der Waals surface area (Å²) in [6.45, 7) is 2.52. The summed E-state index contributed by atoms with van der Waals surface area (Å²) < 4.78 is 10.7. The van der Waals surface area contributed by atoms with E-state index < -0.39 is 12.1 Å². The average Bonchev–Trinajstić information content (AvgIpc) is 2.68. The number of aliphatic hydroxyl groups is 1. The summed E-state index contributed by atoms with van der Waals surface area (Å²) in [5, 5.41) is 18.5. The van der Waals surface area contributed by atoms with Crippen LogP contribution < -0.4 is 0 Å². The molecule has 0 aliphatic heterocycles. The first-order valence-electron chi connectivity index (χ1n) is 9.34. The van der Waals surface area contributed by atoms with Gasteiger partial charge in [-0.2, -0.15) is 0 Å². The van der Waals surface area contributed by atoms with Gasteiger partial charge in [0.1, 0.15) is 11.9 Å². The molecule has 5 nitrogen and oxygen atoms in total. The third-order valence-electron chi connectivity index (χ3n) is 3.60. The van der Waals surface area contributed by atoms with E-state index in [1.54, 1.807) is 0 Å². The molecule has 0 fully saturated rings. The Labute approximate surface area is 161 Å². The first kappa shape index (κ1) is 22.7. The molecule has 0 saturated carbocycles. The largest absolute Gasteiger partial charge is 0.508 e. The highest BCUT2D eigenvalue weighted by Crippen LogP contribution is 2.11. The normalized spacial score (nSPS) is 13.0. The maximum absolute atomic E-state index is 12.0. The molecule has 27 heavy (non-hydrogen) atoms. The zero-order valence-corrected chi connectivity index (χ0v) is 15.9. The number of rotatable bonds is 13. The van der Waals surface area contributed by atoms with Crippen molar-refractivity contribution >= 4 is 5.97 Å². The second kappa shape index (κ2) is 14.8. The molecule has 1 unspecified atom stereocenters. The van der Waals surface area contributed by atoms with Crippen molar-refractivity contribution in [2.75, 3.05) is 19.8 Å². The van der Waals surface area contributed by atoms with Gasteiger partial charge < -0.3 is 19.7 Å². The molecular formula is C22H30O5. The van der Waals surface area contributed by atoms with E-state index in [-0.39, 0.29) is 19.0 Å². The summed E-state index contributed by atoms with van der Waals surface area (Å²) in [5.41, 5.74) is 0.314. The Kier molecular flexibility index (Phi) is 12.4. The molecule has 0 spiro atoms. The number of aliphatic hydroxyl groups excluding tert-OH is 1. The average molecular weight is 374 g/mol. The lowest BCUT2D eigenvalue weighted by Crippen LogP contribution is -2.27. The highest BCUT2D eigenvalue weighted by molar-refractivity contribution is 5.89. The van der Waals surface area contributed by atoms with Crippen LogP contribution in [0.3, 0.4) is 0 Å². The van der Waals surface area contributed by atoms with Gasteiger partial charge in [0.15, 0.2) is 0 Å². The Morgan fingerprint density at radius 3 is 2.37 bits per heavy atom. The number of hydrogen-bond donors (Lipinski definition) is 2. The van der Waals surface area contributed by atoms with Gasteiger partial charge in [-0.05, 0) is 43.5 Å². The van der Waals surface area contributed by atoms with Gasteiger partial charge in [0.2, 0.25) is 0 Å². The quantitative estimate of drug-likeness (QED) is 0.308. The van der Waals surface area contributed by atoms with Gasteiger partial charge in [-0.1, -0.05) is 49.8 Å². The van der Waals surface area contributed by atoms with Crippen molar-refractivity contribution in [2.24, 2.45) is 0 Å². The van der Waals surface area contributed by atoms with Crippen LogP contribution in [0.5, 0.6) is 5.75 Å². The van der Waals surface area contributed by atoms with Crippen molar-refractivity contribution in [1.82, 2.24) is 0 Å². The lowest BCUT2D eigenvalue weighted by Gasteiger charge is -2.15. The van der Waals surface area contributed by atoms with Gasteiger partial charge in [0.25, 0.3) is 0 Å². The van der Waals surface area contributed by atoms with E-state index in [4.69, 9.17) is 9.47 Å². The standard InChI is InChI=1S/C22H30O5/c1-2-3-4-5-6-7-8-9-10-11-16-26-18-21(17-23)27-22(25)19-12-14-20(24)15-13-19/h4-9,12-15,21,23-24H,2-3,10-11,16-18H2,1H3. The summed E-state index contributed by atoms with van der Waals surface area (Å²) >= 11 is 0. The van der Waals surface area contributed by atoms with Crippen molar-refractivity contribution in [3.63, 3.8) is 0 Å². The molecular weight excluding hydrogens is 344 g/mol. The molecule has 2 N–H and O–H groups in total. The predicted octanol–water partition coefficient (Wildman–Crippen LogP) is 4.18. The third-order valence-corrected chi connectivity index (χ3v) is 3.60. The number of carbonyl (C=O) groups excluding carboxylic acids is 1. The van der Waals surface area contributed by atoms with Crippen molar-refractivity contribution in [1.29, 1.82) is 0 Å². The highest BCUT2D eigenvalue weighted by Gasteiger charge is 2.15. The van der Waals surface area contributed by atoms with E-state index in [0.717, 1.165) is 25.7 Å². The summed E-state index contributed by atoms with van der Waals surface area (Å²) in [5.74, 6) is -0.480. The SMILES string of the molecule is CCCC=CC=CC=CCCCOCC(CO)OC(=O)c1ccc(O)cc1. The number of phenols is 1. The summed E-state index contributed by atoms with van der Waals surface area (Å²) in [6, 6.07) is 5.75. The molecule has 0 heterocycles.